The van der Waals surface area contributed by atoms with Crippen molar-refractivity contribution in [3.8, 4) is 0 Å². The van der Waals surface area contributed by atoms with Gasteiger partial charge in [0.25, 0.3) is 0 Å². The van der Waals surface area contributed by atoms with Crippen LogP contribution in [0.4, 0.5) is 13.2 Å². The summed E-state index contributed by atoms with van der Waals surface area (Å²) in [5, 5.41) is 2.82. The minimum atomic E-state index is -2.29. The summed E-state index contributed by atoms with van der Waals surface area (Å²) in [6.07, 6.45) is -2.29. The third kappa shape index (κ3) is 3.71. The SMILES string of the molecule is FC(F)=C(F)C(NCc1ccccc1)c1ccccc1. The number of benzene rings is 2. The number of hydrogen-bond donors (Lipinski definition) is 1. The third-order valence-corrected chi connectivity index (χ3v) is 2.92. The van der Waals surface area contributed by atoms with Gasteiger partial charge in [-0.15, -0.1) is 0 Å². The lowest BCUT2D eigenvalue weighted by Gasteiger charge is -2.17. The monoisotopic (exact) mass is 277 g/mol. The number of hydrogen-bond acceptors (Lipinski definition) is 1. The molecule has 0 aromatic heterocycles. The summed E-state index contributed by atoms with van der Waals surface area (Å²) in [7, 11) is 0. The van der Waals surface area contributed by atoms with Gasteiger partial charge in [-0.1, -0.05) is 60.7 Å². The molecule has 4 heteroatoms. The molecule has 0 amide bonds. The Kier molecular flexibility index (Phi) is 4.96. The predicted octanol–water partition coefficient (Wildman–Crippen LogP) is 4.60. The number of halogens is 3. The molecule has 0 spiro atoms. The Bertz CT molecular complexity index is 563. The molecule has 104 valence electrons. The predicted molar refractivity (Wildman–Crippen MR) is 72.8 cm³/mol. The number of rotatable bonds is 5. The molecule has 1 N–H and O–H groups in total. The molecular weight excluding hydrogens is 263 g/mol. The quantitative estimate of drug-likeness (QED) is 0.842. The van der Waals surface area contributed by atoms with E-state index in [0.717, 1.165) is 5.56 Å². The zero-order valence-electron chi connectivity index (χ0n) is 10.7. The van der Waals surface area contributed by atoms with Crippen molar-refractivity contribution in [3.63, 3.8) is 0 Å². The van der Waals surface area contributed by atoms with Gasteiger partial charge in [0.05, 0.1) is 6.04 Å². The Labute approximate surface area is 115 Å². The Hall–Kier alpha value is -2.07. The first-order chi connectivity index (χ1) is 9.68. The minimum absolute atomic E-state index is 0.307. The lowest BCUT2D eigenvalue weighted by atomic mass is 10.1. The van der Waals surface area contributed by atoms with Gasteiger partial charge in [0.1, 0.15) is 0 Å². The molecule has 20 heavy (non-hydrogen) atoms. The molecule has 2 rings (SSSR count). The second kappa shape index (κ2) is 6.91. The van der Waals surface area contributed by atoms with Gasteiger partial charge in [-0.25, -0.2) is 4.39 Å². The van der Waals surface area contributed by atoms with Gasteiger partial charge < -0.3 is 5.32 Å². The van der Waals surface area contributed by atoms with Crippen LogP contribution in [0, 0.1) is 0 Å². The topological polar surface area (TPSA) is 12.0 Å². The summed E-state index contributed by atoms with van der Waals surface area (Å²) in [6.45, 7) is 0.307. The van der Waals surface area contributed by atoms with E-state index in [1.807, 2.05) is 30.3 Å². The molecule has 0 aliphatic rings. The largest absolute Gasteiger partial charge is 0.303 e. The summed E-state index contributed by atoms with van der Waals surface area (Å²) < 4.78 is 38.8. The van der Waals surface area contributed by atoms with Crippen molar-refractivity contribution in [2.75, 3.05) is 0 Å². The van der Waals surface area contributed by atoms with Crippen molar-refractivity contribution in [3.05, 3.63) is 83.7 Å². The Morgan fingerprint density at radius 2 is 1.40 bits per heavy atom. The van der Waals surface area contributed by atoms with Crippen LogP contribution in [0.1, 0.15) is 17.2 Å². The average molecular weight is 277 g/mol. The molecule has 0 heterocycles. The zero-order valence-corrected chi connectivity index (χ0v) is 10.7. The van der Waals surface area contributed by atoms with Crippen LogP contribution in [0.5, 0.6) is 0 Å². The van der Waals surface area contributed by atoms with Crippen molar-refractivity contribution in [2.24, 2.45) is 0 Å². The highest BCUT2D eigenvalue weighted by atomic mass is 19.3. The van der Waals surface area contributed by atoms with Crippen LogP contribution < -0.4 is 5.32 Å². The first-order valence-electron chi connectivity index (χ1n) is 6.21. The van der Waals surface area contributed by atoms with Crippen LogP contribution >= 0.6 is 0 Å². The molecule has 0 saturated carbocycles. The molecular formula is C16H14F3N. The molecule has 1 atom stereocenters. The fourth-order valence-electron chi connectivity index (χ4n) is 1.92. The molecule has 0 radical (unpaired) electrons. The normalized spacial score (nSPS) is 11.9. The van der Waals surface area contributed by atoms with Crippen molar-refractivity contribution < 1.29 is 13.2 Å². The standard InChI is InChI=1S/C16H14F3N/c17-14(16(18)19)15(13-9-5-2-6-10-13)20-11-12-7-3-1-4-8-12/h1-10,15,20H,11H2. The Morgan fingerprint density at radius 1 is 0.850 bits per heavy atom. The van der Waals surface area contributed by atoms with E-state index in [4.69, 9.17) is 0 Å². The molecule has 1 nitrogen and oxygen atoms in total. The molecule has 0 saturated heterocycles. The van der Waals surface area contributed by atoms with Crippen molar-refractivity contribution >= 4 is 0 Å². The van der Waals surface area contributed by atoms with E-state index >= 15 is 0 Å². The lowest BCUT2D eigenvalue weighted by Crippen LogP contribution is -2.22. The van der Waals surface area contributed by atoms with Gasteiger partial charge in [-0.3, -0.25) is 0 Å². The van der Waals surface area contributed by atoms with Crippen LogP contribution in [-0.2, 0) is 6.54 Å². The lowest BCUT2D eigenvalue weighted by molar-refractivity contribution is 0.347. The van der Waals surface area contributed by atoms with E-state index in [1.165, 1.54) is 0 Å². The second-order valence-electron chi connectivity index (χ2n) is 4.32. The summed E-state index contributed by atoms with van der Waals surface area (Å²) in [5.74, 6) is -1.44. The summed E-state index contributed by atoms with van der Waals surface area (Å²) >= 11 is 0. The van der Waals surface area contributed by atoms with Gasteiger partial charge in [-0.2, -0.15) is 8.78 Å². The average Bonchev–Trinajstić information content (AvgIpc) is 2.49. The van der Waals surface area contributed by atoms with Crippen molar-refractivity contribution in [1.82, 2.24) is 5.32 Å². The van der Waals surface area contributed by atoms with Crippen molar-refractivity contribution in [1.29, 1.82) is 0 Å². The Morgan fingerprint density at radius 3 is 1.95 bits per heavy atom. The summed E-state index contributed by atoms with van der Waals surface area (Å²) in [5.41, 5.74) is 1.37. The van der Waals surface area contributed by atoms with Crippen LogP contribution in [0.25, 0.3) is 0 Å². The first-order valence-corrected chi connectivity index (χ1v) is 6.21. The first kappa shape index (κ1) is 14.3. The van der Waals surface area contributed by atoms with Crippen molar-refractivity contribution in [2.45, 2.75) is 12.6 Å². The fraction of sp³-hybridized carbons (Fsp3) is 0.125. The maximum Gasteiger partial charge on any atom is 0.303 e. The van der Waals surface area contributed by atoms with Crippen LogP contribution in [0.3, 0.4) is 0 Å². The summed E-state index contributed by atoms with van der Waals surface area (Å²) in [4.78, 5) is 0. The van der Waals surface area contributed by atoms with E-state index in [2.05, 4.69) is 5.32 Å². The highest BCUT2D eigenvalue weighted by Crippen LogP contribution is 2.27. The molecule has 0 bridgehead atoms. The van der Waals surface area contributed by atoms with Gasteiger partial charge in [-0.05, 0) is 11.1 Å². The second-order valence-corrected chi connectivity index (χ2v) is 4.32. The summed E-state index contributed by atoms with van der Waals surface area (Å²) in [6, 6.07) is 16.5. The molecule has 2 aromatic carbocycles. The molecule has 2 aromatic rings. The van der Waals surface area contributed by atoms with Gasteiger partial charge >= 0.3 is 6.08 Å². The minimum Gasteiger partial charge on any atom is -0.300 e. The van der Waals surface area contributed by atoms with Gasteiger partial charge in [0.15, 0.2) is 5.83 Å². The molecule has 0 aliphatic heterocycles. The van der Waals surface area contributed by atoms with Crippen LogP contribution in [-0.4, -0.2) is 0 Å². The van der Waals surface area contributed by atoms with Gasteiger partial charge in [0, 0.05) is 6.54 Å². The van der Waals surface area contributed by atoms with E-state index < -0.39 is 17.9 Å². The highest BCUT2D eigenvalue weighted by Gasteiger charge is 2.21. The van der Waals surface area contributed by atoms with E-state index in [9.17, 15) is 13.2 Å². The molecule has 0 fully saturated rings. The van der Waals surface area contributed by atoms with Crippen LogP contribution in [0.15, 0.2) is 72.6 Å². The fourth-order valence-corrected chi connectivity index (χ4v) is 1.92. The highest BCUT2D eigenvalue weighted by molar-refractivity contribution is 5.26. The van der Waals surface area contributed by atoms with E-state index in [1.54, 1.807) is 30.3 Å². The number of nitrogens with one attached hydrogen (secondary N) is 1. The molecule has 0 aliphatic carbocycles. The van der Waals surface area contributed by atoms with E-state index in [0.29, 0.717) is 12.1 Å². The van der Waals surface area contributed by atoms with Gasteiger partial charge in [0.2, 0.25) is 0 Å². The third-order valence-electron chi connectivity index (χ3n) is 2.92. The zero-order chi connectivity index (χ0) is 14.4. The smallest absolute Gasteiger partial charge is 0.300 e. The molecule has 1 unspecified atom stereocenters. The maximum atomic E-state index is 13.6. The Balaban J connectivity index is 2.18. The van der Waals surface area contributed by atoms with E-state index in [-0.39, 0.29) is 0 Å². The van der Waals surface area contributed by atoms with Crippen LogP contribution in [0.2, 0.25) is 0 Å². The maximum absolute atomic E-state index is 13.6.